The third-order valence-electron chi connectivity index (χ3n) is 10.5. The van der Waals surface area contributed by atoms with Gasteiger partial charge in [-0.1, -0.05) is 139 Å². The summed E-state index contributed by atoms with van der Waals surface area (Å²) in [6, 6.07) is 79.3. The Morgan fingerprint density at radius 1 is 0.412 bits per heavy atom. The summed E-state index contributed by atoms with van der Waals surface area (Å²) in [5, 5.41) is 16.0. The number of anilines is 7. The molecule has 2 aliphatic heterocycles. The van der Waals surface area contributed by atoms with Gasteiger partial charge in [0.25, 0.3) is 0 Å². The Morgan fingerprint density at radius 3 is 1.32 bits per heavy atom. The first-order valence-electron chi connectivity index (χ1n) is 21.4. The standard InChI is InChI=1S/C19H14N2.C14H10N3.C14H12N2.C9H8N3.2Pt/c1-3-9-16(10-4-1)20-15-21(17-11-5-2-6-12-17)19-14-8-7-13-18(19)20;1-3-7-11(8-4-1)13-15-14(17-16-13)12-9-5-2-6-10-12;1-15-11-16(12-7-3-2-4-8-12)14-10-6-5-9-13(14)15;1-7-10-9(12-11-7)8-5-3-2-4-6-8;;/h1-11,13-15H;1-10H;2-7,9-11H,1H3;2-6H,1H3;;/q-2;-1;-2;-1;;. The van der Waals surface area contributed by atoms with E-state index in [2.05, 4.69) is 167 Å². The van der Waals surface area contributed by atoms with Crippen molar-refractivity contribution in [1.29, 1.82) is 0 Å². The maximum absolute atomic E-state index is 4.43. The van der Waals surface area contributed by atoms with Gasteiger partial charge >= 0.3 is 0 Å². The number of nitrogens with zero attached hydrogens (tertiary/aromatic N) is 10. The van der Waals surface area contributed by atoms with Gasteiger partial charge in [-0.15, -0.1) is 18.0 Å². The molecule has 10 nitrogen and oxygen atoms in total. The van der Waals surface area contributed by atoms with Crippen LogP contribution in [0.15, 0.2) is 218 Å². The average molecular weight is 1250 g/mol. The van der Waals surface area contributed by atoms with E-state index in [0.29, 0.717) is 23.3 Å². The summed E-state index contributed by atoms with van der Waals surface area (Å²) in [5.41, 5.74) is 11.0. The number of aryl methyl sites for hydroxylation is 1. The Kier molecular flexibility index (Phi) is 17.0. The van der Waals surface area contributed by atoms with Crippen molar-refractivity contribution in [1.82, 2.24) is 30.4 Å². The fraction of sp³-hybridized carbons (Fsp3) is 0.0357. The van der Waals surface area contributed by atoms with Crippen LogP contribution in [0.5, 0.6) is 0 Å². The largest absolute Gasteiger partial charge is 0.504 e. The van der Waals surface area contributed by atoms with E-state index in [1.54, 1.807) is 0 Å². The van der Waals surface area contributed by atoms with Gasteiger partial charge in [-0.05, 0) is 72.9 Å². The molecule has 2 aliphatic rings. The van der Waals surface area contributed by atoms with Gasteiger partial charge in [0.2, 0.25) is 0 Å². The molecule has 68 heavy (non-hydrogen) atoms. The molecule has 0 saturated heterocycles. The first kappa shape index (κ1) is 48.5. The third kappa shape index (κ3) is 11.8. The molecule has 0 saturated carbocycles. The quantitative estimate of drug-likeness (QED) is 0.150. The Hall–Kier alpha value is -7.38. The Labute approximate surface area is 426 Å². The van der Waals surface area contributed by atoms with Gasteiger partial charge in [0.15, 0.2) is 0 Å². The van der Waals surface area contributed by atoms with Crippen LogP contribution in [-0.4, -0.2) is 27.2 Å². The Bertz CT molecular complexity index is 2910. The van der Waals surface area contributed by atoms with Crippen molar-refractivity contribution >= 4 is 39.8 Å². The fourth-order valence-electron chi connectivity index (χ4n) is 7.31. The average Bonchev–Trinajstić information content (AvgIpc) is 4.23. The van der Waals surface area contributed by atoms with Crippen molar-refractivity contribution in [2.45, 2.75) is 6.92 Å². The molecule has 2 aromatic heterocycles. The molecule has 4 heterocycles. The number of para-hydroxylation sites is 7. The first-order valence-corrected chi connectivity index (χ1v) is 21.4. The zero-order chi connectivity index (χ0) is 44.9. The van der Waals surface area contributed by atoms with Crippen LogP contribution in [0.2, 0.25) is 0 Å². The van der Waals surface area contributed by atoms with E-state index in [-0.39, 0.29) is 42.1 Å². The van der Waals surface area contributed by atoms with E-state index >= 15 is 0 Å². The predicted octanol–water partition coefficient (Wildman–Crippen LogP) is 12.3. The molecule has 0 fully saturated rings. The molecule has 12 heteroatoms. The van der Waals surface area contributed by atoms with Crippen molar-refractivity contribution in [3.05, 3.63) is 250 Å². The van der Waals surface area contributed by atoms with E-state index in [9.17, 15) is 0 Å². The maximum atomic E-state index is 4.43. The summed E-state index contributed by atoms with van der Waals surface area (Å²) in [5.74, 6) is 2.76. The molecular formula is C56H44N10Pt2-6. The second-order valence-corrected chi connectivity index (χ2v) is 15.0. The number of fused-ring (bicyclic) bond motifs is 2. The molecule has 0 aliphatic carbocycles. The zero-order valence-corrected chi connectivity index (χ0v) is 41.6. The van der Waals surface area contributed by atoms with Crippen molar-refractivity contribution in [2.75, 3.05) is 26.6 Å². The molecule has 0 unspecified atom stereocenters. The third-order valence-corrected chi connectivity index (χ3v) is 10.5. The summed E-state index contributed by atoms with van der Waals surface area (Å²) >= 11 is 0. The molecule has 8 aromatic carbocycles. The summed E-state index contributed by atoms with van der Waals surface area (Å²) in [7, 11) is 2.06. The van der Waals surface area contributed by atoms with Crippen LogP contribution in [0.25, 0.3) is 34.2 Å². The van der Waals surface area contributed by atoms with Crippen LogP contribution in [0.3, 0.4) is 0 Å². The second-order valence-electron chi connectivity index (χ2n) is 15.0. The smallest absolute Gasteiger partial charge is 0.0575 e. The molecule has 0 amide bonds. The van der Waals surface area contributed by atoms with E-state index in [1.165, 1.54) is 22.7 Å². The van der Waals surface area contributed by atoms with Gasteiger partial charge in [0, 0.05) is 70.6 Å². The van der Waals surface area contributed by atoms with Crippen molar-refractivity contribution in [2.24, 2.45) is 0 Å². The zero-order valence-electron chi connectivity index (χ0n) is 37.0. The molecule has 0 spiro atoms. The van der Waals surface area contributed by atoms with E-state index in [0.717, 1.165) is 33.8 Å². The summed E-state index contributed by atoms with van der Waals surface area (Å²) < 4.78 is 0. The van der Waals surface area contributed by atoms with Crippen molar-refractivity contribution in [3.8, 4) is 34.2 Å². The molecule has 10 aromatic rings. The van der Waals surface area contributed by atoms with Gasteiger partial charge in [-0.3, -0.25) is 10.2 Å². The summed E-state index contributed by atoms with van der Waals surface area (Å²) in [6.07, 6.45) is 0. The molecule has 0 bridgehead atoms. The van der Waals surface area contributed by atoms with Crippen LogP contribution in [0.1, 0.15) is 5.82 Å². The summed E-state index contributed by atoms with van der Waals surface area (Å²) in [4.78, 5) is 17.2. The van der Waals surface area contributed by atoms with E-state index in [4.69, 9.17) is 0 Å². The normalized spacial score (nSPS) is 11.8. The van der Waals surface area contributed by atoms with Gasteiger partial charge < -0.3 is 39.8 Å². The number of rotatable bonds is 6. The molecule has 0 atom stereocenters. The minimum absolute atomic E-state index is 0. The van der Waals surface area contributed by atoms with Crippen LogP contribution in [-0.2, 0) is 42.1 Å². The number of hydrogen-bond donors (Lipinski definition) is 0. The molecular weight excluding hydrogens is 1200 g/mol. The van der Waals surface area contributed by atoms with Crippen molar-refractivity contribution < 1.29 is 42.1 Å². The number of aromatic nitrogens is 6. The second kappa shape index (κ2) is 23.9. The minimum Gasteiger partial charge on any atom is -0.504 e. The van der Waals surface area contributed by atoms with Gasteiger partial charge in [0.1, 0.15) is 0 Å². The monoisotopic (exact) mass is 1250 g/mol. The van der Waals surface area contributed by atoms with Gasteiger partial charge in [-0.25, -0.2) is 0 Å². The topological polar surface area (TPSA) is 92.7 Å². The Morgan fingerprint density at radius 2 is 0.824 bits per heavy atom. The molecule has 344 valence electrons. The van der Waals surface area contributed by atoms with E-state index < -0.39 is 0 Å². The number of benzene rings is 8. The molecule has 12 rings (SSSR count). The SMILES string of the molecule is CN1[CH-]N(c2[c-]cccc2)c2ccccc21.Cc1nc(-c2ccccc2)n[n-]1.[Pt].[Pt].[c-]1ccccc1N1[CH-]N(c2ccccc2)c2ccccc21.c1ccc(-c2n[n-]c(-c3ccccc3)n2)cc1. The predicted molar refractivity (Wildman–Crippen MR) is 265 cm³/mol. The molecule has 0 N–H and O–H groups in total. The number of hydrogen-bond acceptors (Lipinski definition) is 8. The van der Waals surface area contributed by atoms with Gasteiger partial charge in [0.05, 0.1) is 11.6 Å². The van der Waals surface area contributed by atoms with Crippen molar-refractivity contribution in [3.63, 3.8) is 0 Å². The van der Waals surface area contributed by atoms with Crippen LogP contribution < -0.4 is 29.8 Å². The van der Waals surface area contributed by atoms with Crippen LogP contribution >= 0.6 is 0 Å². The Balaban J connectivity index is 0.000000135. The maximum Gasteiger partial charge on any atom is 0.0575 e. The summed E-state index contributed by atoms with van der Waals surface area (Å²) in [6.45, 7) is 6.03. The van der Waals surface area contributed by atoms with Crippen LogP contribution in [0.4, 0.5) is 39.8 Å². The minimum atomic E-state index is 0. The molecule has 0 radical (unpaired) electrons. The van der Waals surface area contributed by atoms with Gasteiger partial charge in [-0.2, -0.15) is 67.3 Å². The van der Waals surface area contributed by atoms with E-state index in [1.807, 2.05) is 140 Å². The van der Waals surface area contributed by atoms with Crippen LogP contribution in [0, 0.1) is 32.4 Å². The first-order chi connectivity index (χ1) is 32.6. The fourth-order valence-corrected chi connectivity index (χ4v) is 7.31.